The lowest BCUT2D eigenvalue weighted by atomic mass is 10.1. The summed E-state index contributed by atoms with van der Waals surface area (Å²) in [7, 11) is 2.22. The molecule has 23 heavy (non-hydrogen) atoms. The summed E-state index contributed by atoms with van der Waals surface area (Å²) in [6, 6.07) is 0. The first-order chi connectivity index (χ1) is 11.3. The molecule has 1 atom stereocenters. The third kappa shape index (κ3) is 9.27. The van der Waals surface area contributed by atoms with Gasteiger partial charge < -0.3 is 9.80 Å². The Bertz CT molecular complexity index is 288. The van der Waals surface area contributed by atoms with Crippen molar-refractivity contribution < 1.29 is 0 Å². The maximum atomic E-state index is 2.56. The third-order valence-electron chi connectivity index (χ3n) is 5.18. The van der Waals surface area contributed by atoms with Gasteiger partial charge in [0, 0.05) is 26.0 Å². The van der Waals surface area contributed by atoms with Gasteiger partial charge in [-0.3, -0.25) is 0 Å². The van der Waals surface area contributed by atoms with Gasteiger partial charge in [-0.1, -0.05) is 84.5 Å². The normalized spacial score (nSPS) is 17.4. The monoisotopic (exact) mass is 322 g/mol. The van der Waals surface area contributed by atoms with Crippen molar-refractivity contribution in [2.45, 2.75) is 110 Å². The quantitative estimate of drug-likeness (QED) is 0.316. The summed E-state index contributed by atoms with van der Waals surface area (Å²) < 4.78 is 0. The fourth-order valence-corrected chi connectivity index (χ4v) is 3.56. The molecule has 0 fully saturated rings. The molecule has 1 heterocycles. The van der Waals surface area contributed by atoms with Gasteiger partial charge in [0.05, 0.1) is 0 Å². The van der Waals surface area contributed by atoms with Crippen molar-refractivity contribution in [3.05, 3.63) is 12.4 Å². The van der Waals surface area contributed by atoms with Crippen molar-refractivity contribution in [3.8, 4) is 0 Å². The topological polar surface area (TPSA) is 6.48 Å². The molecule has 0 aliphatic carbocycles. The first-order valence-corrected chi connectivity index (χ1v) is 10.5. The van der Waals surface area contributed by atoms with E-state index in [4.69, 9.17) is 0 Å². The highest BCUT2D eigenvalue weighted by atomic mass is 15.4. The van der Waals surface area contributed by atoms with Crippen LogP contribution in [0.5, 0.6) is 0 Å². The molecule has 1 unspecified atom stereocenters. The highest BCUT2D eigenvalue weighted by Gasteiger charge is 2.21. The molecule has 0 aromatic heterocycles. The Balaban J connectivity index is 1.93. The number of unbranched alkanes of at least 4 members (excludes halogenated alkanes) is 11. The molecule has 0 aromatic carbocycles. The molecule has 2 heteroatoms. The van der Waals surface area contributed by atoms with Crippen LogP contribution in [0.2, 0.25) is 0 Å². The number of nitrogens with zero attached hydrogens (tertiary/aromatic N) is 2. The van der Waals surface area contributed by atoms with Crippen LogP contribution >= 0.6 is 0 Å². The summed E-state index contributed by atoms with van der Waals surface area (Å²) in [5.74, 6) is 0. The van der Waals surface area contributed by atoms with Crippen LogP contribution in [0.15, 0.2) is 12.4 Å². The molecule has 136 valence electrons. The van der Waals surface area contributed by atoms with Crippen LogP contribution in [-0.2, 0) is 0 Å². The summed E-state index contributed by atoms with van der Waals surface area (Å²) in [4.78, 5) is 4.94. The average molecular weight is 323 g/mol. The molecule has 0 saturated carbocycles. The highest BCUT2D eigenvalue weighted by Crippen LogP contribution is 2.20. The molecule has 0 radical (unpaired) electrons. The Kier molecular flexibility index (Phi) is 12.2. The van der Waals surface area contributed by atoms with Crippen molar-refractivity contribution in [3.63, 3.8) is 0 Å². The van der Waals surface area contributed by atoms with E-state index in [-0.39, 0.29) is 0 Å². The maximum Gasteiger partial charge on any atom is 0.100 e. The molecule has 0 spiro atoms. The number of rotatable bonds is 15. The van der Waals surface area contributed by atoms with E-state index in [9.17, 15) is 0 Å². The van der Waals surface area contributed by atoms with E-state index in [2.05, 4.69) is 43.1 Å². The fraction of sp³-hybridized carbons (Fsp3) is 0.905. The van der Waals surface area contributed by atoms with Crippen molar-refractivity contribution in [1.29, 1.82) is 0 Å². The van der Waals surface area contributed by atoms with Gasteiger partial charge in [-0.05, 0) is 19.3 Å². The molecular formula is C21H42N2. The van der Waals surface area contributed by atoms with Crippen LogP contribution < -0.4 is 0 Å². The molecule has 1 rings (SSSR count). The Morgan fingerprint density at radius 3 is 1.74 bits per heavy atom. The molecule has 0 bridgehead atoms. The highest BCUT2D eigenvalue weighted by molar-refractivity contribution is 4.95. The molecule has 0 saturated heterocycles. The zero-order chi connectivity index (χ0) is 16.8. The second kappa shape index (κ2) is 13.7. The van der Waals surface area contributed by atoms with Crippen LogP contribution in [0, 0.1) is 0 Å². The van der Waals surface area contributed by atoms with Crippen LogP contribution in [0.25, 0.3) is 0 Å². The second-order valence-electron chi connectivity index (χ2n) is 7.36. The number of hydrogen-bond donors (Lipinski definition) is 0. The van der Waals surface area contributed by atoms with E-state index in [1.165, 1.54) is 96.4 Å². The first-order valence-electron chi connectivity index (χ1n) is 10.5. The average Bonchev–Trinajstić information content (AvgIpc) is 2.90. The predicted molar refractivity (Wildman–Crippen MR) is 103 cm³/mol. The van der Waals surface area contributed by atoms with Gasteiger partial charge in [0.25, 0.3) is 0 Å². The second-order valence-corrected chi connectivity index (χ2v) is 7.36. The van der Waals surface area contributed by atoms with Crippen LogP contribution in [-0.4, -0.2) is 29.6 Å². The molecule has 0 amide bonds. The van der Waals surface area contributed by atoms with Crippen molar-refractivity contribution in [1.82, 2.24) is 9.80 Å². The van der Waals surface area contributed by atoms with Crippen molar-refractivity contribution in [2.75, 3.05) is 13.6 Å². The number of hydrogen-bond acceptors (Lipinski definition) is 2. The Morgan fingerprint density at radius 2 is 1.17 bits per heavy atom. The zero-order valence-electron chi connectivity index (χ0n) is 16.2. The Hall–Kier alpha value is -0.660. The van der Waals surface area contributed by atoms with E-state index >= 15 is 0 Å². The summed E-state index contributed by atoms with van der Waals surface area (Å²) in [6.45, 7) is 5.82. The predicted octanol–water partition coefficient (Wildman–Crippen LogP) is 6.53. The minimum absolute atomic E-state index is 0.623. The lowest BCUT2D eigenvalue weighted by Gasteiger charge is -2.30. The molecule has 2 nitrogen and oxygen atoms in total. The van der Waals surface area contributed by atoms with E-state index in [0.29, 0.717) is 6.17 Å². The van der Waals surface area contributed by atoms with E-state index in [1.54, 1.807) is 0 Å². The molecule has 1 aliphatic rings. The first kappa shape index (κ1) is 20.4. The van der Waals surface area contributed by atoms with Crippen molar-refractivity contribution >= 4 is 0 Å². The SMILES string of the molecule is CCCCCCCCCCCCCN1C=CN(C)C1CCCC. The Morgan fingerprint density at radius 1 is 0.652 bits per heavy atom. The van der Waals surface area contributed by atoms with Crippen LogP contribution in [0.1, 0.15) is 104 Å². The van der Waals surface area contributed by atoms with E-state index in [0.717, 1.165) is 0 Å². The summed E-state index contributed by atoms with van der Waals surface area (Å²) in [5.41, 5.74) is 0. The molecular weight excluding hydrogens is 280 g/mol. The summed E-state index contributed by atoms with van der Waals surface area (Å²) >= 11 is 0. The lowest BCUT2D eigenvalue weighted by molar-refractivity contribution is 0.160. The van der Waals surface area contributed by atoms with E-state index in [1.807, 2.05) is 0 Å². The van der Waals surface area contributed by atoms with E-state index < -0.39 is 0 Å². The smallest absolute Gasteiger partial charge is 0.100 e. The summed E-state index contributed by atoms with van der Waals surface area (Å²) in [6.07, 6.45) is 24.8. The molecule has 0 aromatic rings. The van der Waals surface area contributed by atoms with Gasteiger partial charge >= 0.3 is 0 Å². The van der Waals surface area contributed by atoms with Gasteiger partial charge in [-0.25, -0.2) is 0 Å². The molecule has 0 N–H and O–H groups in total. The Labute approximate surface area is 146 Å². The van der Waals surface area contributed by atoms with Gasteiger partial charge in [-0.15, -0.1) is 0 Å². The van der Waals surface area contributed by atoms with Crippen LogP contribution in [0.4, 0.5) is 0 Å². The third-order valence-corrected chi connectivity index (χ3v) is 5.18. The minimum atomic E-state index is 0.623. The maximum absolute atomic E-state index is 2.56. The van der Waals surface area contributed by atoms with Gasteiger partial charge in [0.15, 0.2) is 0 Å². The molecule has 1 aliphatic heterocycles. The minimum Gasteiger partial charge on any atom is -0.359 e. The standard InChI is InChI=1S/C21H42N2/c1-4-6-8-9-10-11-12-13-14-15-16-18-23-20-19-22(3)21(23)17-7-5-2/h19-21H,4-18H2,1-3H3. The largest absolute Gasteiger partial charge is 0.359 e. The van der Waals surface area contributed by atoms with Gasteiger partial charge in [-0.2, -0.15) is 0 Å². The fourth-order valence-electron chi connectivity index (χ4n) is 3.56. The van der Waals surface area contributed by atoms with Gasteiger partial charge in [0.2, 0.25) is 0 Å². The van der Waals surface area contributed by atoms with Crippen molar-refractivity contribution in [2.24, 2.45) is 0 Å². The zero-order valence-corrected chi connectivity index (χ0v) is 16.2. The van der Waals surface area contributed by atoms with Crippen LogP contribution in [0.3, 0.4) is 0 Å². The van der Waals surface area contributed by atoms with Gasteiger partial charge in [0.1, 0.15) is 6.17 Å². The summed E-state index contributed by atoms with van der Waals surface area (Å²) in [5, 5.41) is 0. The lowest BCUT2D eigenvalue weighted by Crippen LogP contribution is -2.36.